The normalized spacial score (nSPS) is 15.5. The van der Waals surface area contributed by atoms with E-state index in [1.54, 1.807) is 24.3 Å². The van der Waals surface area contributed by atoms with Crippen molar-refractivity contribution >= 4 is 35.8 Å². The number of nitrogens with two attached hydrogens (primary N) is 2. The highest BCUT2D eigenvalue weighted by Crippen LogP contribution is 2.02. The van der Waals surface area contributed by atoms with Crippen molar-refractivity contribution in [3.63, 3.8) is 0 Å². The Hall–Kier alpha value is -4.16. The molecule has 9 N–H and O–H groups in total. The molecular weight excluding hydrogens is 400 g/mol. The number of primary amides is 2. The quantitative estimate of drug-likeness (QED) is 0.230. The molecule has 0 radical (unpaired) electrons. The topological polar surface area (TPSA) is 223 Å². The molecule has 1 aromatic carbocycles. The summed E-state index contributed by atoms with van der Waals surface area (Å²) >= 11 is 0. The Kier molecular flexibility index (Phi) is 9.26. The van der Waals surface area contributed by atoms with Crippen molar-refractivity contribution < 1.29 is 33.9 Å². The number of urea groups is 2. The molecule has 7 amide bonds. The second kappa shape index (κ2) is 11.6. The fourth-order valence-corrected chi connectivity index (χ4v) is 2.23. The van der Waals surface area contributed by atoms with E-state index in [2.05, 4.69) is 10.6 Å². The maximum absolute atomic E-state index is 11.7. The molecule has 1 heterocycles. The van der Waals surface area contributed by atoms with Crippen molar-refractivity contribution in [1.82, 2.24) is 21.3 Å². The molecule has 162 valence electrons. The Labute approximate surface area is 170 Å². The summed E-state index contributed by atoms with van der Waals surface area (Å²) in [7, 11) is 0. The largest absolute Gasteiger partial charge is 0.480 e. The van der Waals surface area contributed by atoms with Crippen LogP contribution in [0.1, 0.15) is 18.4 Å². The molecule has 30 heavy (non-hydrogen) atoms. The van der Waals surface area contributed by atoms with Crippen LogP contribution < -0.4 is 32.7 Å². The molecule has 1 fully saturated rings. The monoisotopic (exact) mass is 422 g/mol. The molecule has 0 aliphatic carbocycles. The number of carbonyl (C=O) groups excluding carboxylic acids is 5. The number of amides is 7. The van der Waals surface area contributed by atoms with E-state index in [9.17, 15) is 28.8 Å². The average molecular weight is 422 g/mol. The number of hydrogen-bond acceptors (Lipinski definition) is 6. The number of hydrogen-bond donors (Lipinski definition) is 7. The van der Waals surface area contributed by atoms with Gasteiger partial charge in [-0.25, -0.2) is 14.4 Å². The predicted molar refractivity (Wildman–Crippen MR) is 101 cm³/mol. The number of nitrogens with one attached hydrogen (secondary N) is 4. The molecule has 2 rings (SSSR count). The summed E-state index contributed by atoms with van der Waals surface area (Å²) in [6, 6.07) is 6.37. The van der Waals surface area contributed by atoms with E-state index in [4.69, 9.17) is 16.6 Å². The minimum Gasteiger partial charge on any atom is -0.480 e. The van der Waals surface area contributed by atoms with Gasteiger partial charge in [-0.15, -0.1) is 0 Å². The standard InChI is InChI=1S/C13H16N2O4.C4H6N4O3/c14-11(16)7-6-10(13(18)19)15-12(17)8-9-4-2-1-3-5-9;5-3(10)6-1-2(9)8-4(11)7-1/h1-5,10H,6-8H2,(H2,14,16)(H,15,17)(H,18,19);1H,(H3,5,6,10)(H2,7,8,9,11). The summed E-state index contributed by atoms with van der Waals surface area (Å²) in [4.78, 5) is 64.5. The Morgan fingerprint density at radius 1 is 1.10 bits per heavy atom. The van der Waals surface area contributed by atoms with Gasteiger partial charge in [0.25, 0.3) is 5.91 Å². The molecule has 13 heteroatoms. The van der Waals surface area contributed by atoms with Gasteiger partial charge in [0.1, 0.15) is 6.04 Å². The number of carboxylic acid groups (broad SMARTS) is 1. The molecule has 0 spiro atoms. The minimum absolute atomic E-state index is 0.00873. The van der Waals surface area contributed by atoms with Gasteiger partial charge in [0.15, 0.2) is 6.17 Å². The summed E-state index contributed by atoms with van der Waals surface area (Å²) in [6.45, 7) is 0. The fourth-order valence-electron chi connectivity index (χ4n) is 2.23. The maximum Gasteiger partial charge on any atom is 0.326 e. The number of carboxylic acids is 1. The highest BCUT2D eigenvalue weighted by molar-refractivity contribution is 6.05. The molecule has 1 aliphatic rings. The van der Waals surface area contributed by atoms with Gasteiger partial charge in [-0.05, 0) is 12.0 Å². The summed E-state index contributed by atoms with van der Waals surface area (Å²) in [5.41, 5.74) is 10.4. The predicted octanol–water partition coefficient (Wildman–Crippen LogP) is -2.12. The van der Waals surface area contributed by atoms with Crippen LogP contribution in [0.5, 0.6) is 0 Å². The summed E-state index contributed by atoms with van der Waals surface area (Å²) in [5.74, 6) is -2.79. The first-order chi connectivity index (χ1) is 14.1. The summed E-state index contributed by atoms with van der Waals surface area (Å²) < 4.78 is 0. The zero-order chi connectivity index (χ0) is 22.7. The first-order valence-electron chi connectivity index (χ1n) is 8.60. The molecular formula is C17H22N6O7. The maximum atomic E-state index is 11.7. The fraction of sp³-hybridized carbons (Fsp3) is 0.294. The van der Waals surface area contributed by atoms with E-state index in [0.29, 0.717) is 0 Å². The van der Waals surface area contributed by atoms with Crippen LogP contribution in [0.15, 0.2) is 30.3 Å². The van der Waals surface area contributed by atoms with Gasteiger partial charge in [-0.2, -0.15) is 0 Å². The third-order valence-corrected chi connectivity index (χ3v) is 3.58. The molecule has 2 atom stereocenters. The lowest BCUT2D eigenvalue weighted by atomic mass is 10.1. The lowest BCUT2D eigenvalue weighted by Gasteiger charge is -2.13. The lowest BCUT2D eigenvalue weighted by molar-refractivity contribution is -0.142. The molecule has 0 bridgehead atoms. The minimum atomic E-state index is -1.18. The van der Waals surface area contributed by atoms with Crippen LogP contribution in [0, 0.1) is 0 Å². The van der Waals surface area contributed by atoms with Crippen molar-refractivity contribution in [2.75, 3.05) is 0 Å². The van der Waals surface area contributed by atoms with Gasteiger partial charge in [-0.3, -0.25) is 19.7 Å². The number of aliphatic carboxylic acids is 1. The SMILES string of the molecule is NC(=O)CCC(NC(=O)Cc1ccccc1)C(=O)O.NC(=O)NC1NC(=O)NC1=O. The van der Waals surface area contributed by atoms with Gasteiger partial charge in [0.05, 0.1) is 6.42 Å². The first kappa shape index (κ1) is 23.9. The van der Waals surface area contributed by atoms with Gasteiger partial charge in [0, 0.05) is 6.42 Å². The van der Waals surface area contributed by atoms with Crippen LogP contribution in [0.4, 0.5) is 9.59 Å². The van der Waals surface area contributed by atoms with Crippen molar-refractivity contribution in [1.29, 1.82) is 0 Å². The third-order valence-electron chi connectivity index (χ3n) is 3.58. The van der Waals surface area contributed by atoms with Gasteiger partial charge in [0.2, 0.25) is 11.8 Å². The number of rotatable bonds is 8. The lowest BCUT2D eigenvalue weighted by Crippen LogP contribution is -2.48. The van der Waals surface area contributed by atoms with Crippen molar-refractivity contribution in [2.24, 2.45) is 11.5 Å². The Balaban J connectivity index is 0.000000346. The zero-order valence-electron chi connectivity index (χ0n) is 15.7. The van der Waals surface area contributed by atoms with E-state index in [-0.39, 0.29) is 19.3 Å². The molecule has 1 saturated heterocycles. The third kappa shape index (κ3) is 9.16. The van der Waals surface area contributed by atoms with Crippen LogP contribution >= 0.6 is 0 Å². The van der Waals surface area contributed by atoms with Crippen LogP contribution in [0.2, 0.25) is 0 Å². The molecule has 0 aromatic heterocycles. The second-order valence-electron chi connectivity index (χ2n) is 6.03. The summed E-state index contributed by atoms with van der Waals surface area (Å²) in [6.07, 6.45) is -1.03. The molecule has 0 saturated carbocycles. The molecule has 1 aliphatic heterocycles. The Morgan fingerprint density at radius 2 is 1.73 bits per heavy atom. The summed E-state index contributed by atoms with van der Waals surface area (Å²) in [5, 5.41) is 17.4. The molecule has 2 unspecified atom stereocenters. The van der Waals surface area contributed by atoms with Crippen LogP contribution in [-0.2, 0) is 25.6 Å². The number of imide groups is 1. The second-order valence-corrected chi connectivity index (χ2v) is 6.03. The zero-order valence-corrected chi connectivity index (χ0v) is 15.7. The van der Waals surface area contributed by atoms with Gasteiger partial charge >= 0.3 is 18.0 Å². The van der Waals surface area contributed by atoms with Gasteiger partial charge in [-0.1, -0.05) is 30.3 Å². The Morgan fingerprint density at radius 3 is 2.20 bits per heavy atom. The Bertz CT molecular complexity index is 814. The van der Waals surface area contributed by atoms with E-state index >= 15 is 0 Å². The average Bonchev–Trinajstić information content (AvgIpc) is 2.96. The van der Waals surface area contributed by atoms with Crippen molar-refractivity contribution in [3.05, 3.63) is 35.9 Å². The van der Waals surface area contributed by atoms with Crippen molar-refractivity contribution in [2.45, 2.75) is 31.5 Å². The number of benzene rings is 1. The van der Waals surface area contributed by atoms with E-state index < -0.39 is 48.0 Å². The van der Waals surface area contributed by atoms with E-state index in [0.717, 1.165) is 5.56 Å². The molecule has 1 aromatic rings. The van der Waals surface area contributed by atoms with E-state index in [1.165, 1.54) is 0 Å². The van der Waals surface area contributed by atoms with Gasteiger partial charge < -0.3 is 32.5 Å². The van der Waals surface area contributed by atoms with E-state index in [1.807, 2.05) is 16.7 Å². The number of carbonyl (C=O) groups is 6. The van der Waals surface area contributed by atoms with Crippen LogP contribution in [0.3, 0.4) is 0 Å². The smallest absolute Gasteiger partial charge is 0.326 e. The highest BCUT2D eigenvalue weighted by atomic mass is 16.4. The van der Waals surface area contributed by atoms with Crippen LogP contribution in [-0.4, -0.2) is 53.1 Å². The highest BCUT2D eigenvalue weighted by Gasteiger charge is 2.29. The van der Waals surface area contributed by atoms with Crippen LogP contribution in [0.25, 0.3) is 0 Å². The first-order valence-corrected chi connectivity index (χ1v) is 8.60. The molecule has 13 nitrogen and oxygen atoms in total. The van der Waals surface area contributed by atoms with Crippen molar-refractivity contribution in [3.8, 4) is 0 Å².